The summed E-state index contributed by atoms with van der Waals surface area (Å²) in [5.74, 6) is 0.767. The summed E-state index contributed by atoms with van der Waals surface area (Å²) in [6.45, 7) is 6.70. The van der Waals surface area contributed by atoms with Crippen LogP contribution in [0.15, 0.2) is 0 Å². The SMILES string of the molecule is CCC(CC)COC1(CCNC2CC2)CCC1. The van der Waals surface area contributed by atoms with E-state index in [1.54, 1.807) is 0 Å². The van der Waals surface area contributed by atoms with E-state index in [1.807, 2.05) is 0 Å². The van der Waals surface area contributed by atoms with E-state index >= 15 is 0 Å². The second-order valence-corrected chi connectivity index (χ2v) is 6.01. The van der Waals surface area contributed by atoms with Crippen LogP contribution < -0.4 is 5.32 Å². The molecule has 2 rings (SSSR count). The Morgan fingerprint density at radius 1 is 1.24 bits per heavy atom. The molecule has 2 nitrogen and oxygen atoms in total. The first-order valence-electron chi connectivity index (χ1n) is 7.65. The first kappa shape index (κ1) is 13.4. The molecule has 17 heavy (non-hydrogen) atoms. The van der Waals surface area contributed by atoms with Gasteiger partial charge in [0.15, 0.2) is 0 Å². The molecule has 0 radical (unpaired) electrons. The van der Waals surface area contributed by atoms with Crippen molar-refractivity contribution >= 4 is 0 Å². The van der Waals surface area contributed by atoms with Gasteiger partial charge < -0.3 is 10.1 Å². The molecule has 0 aromatic rings. The van der Waals surface area contributed by atoms with E-state index in [-0.39, 0.29) is 5.60 Å². The zero-order valence-electron chi connectivity index (χ0n) is 11.6. The third kappa shape index (κ3) is 3.96. The number of rotatable bonds is 9. The lowest BCUT2D eigenvalue weighted by molar-refractivity contribution is -0.116. The first-order chi connectivity index (χ1) is 8.28. The van der Waals surface area contributed by atoms with Crippen LogP contribution in [0.5, 0.6) is 0 Å². The third-order valence-corrected chi connectivity index (χ3v) is 4.64. The Kier molecular flexibility index (Phi) is 4.87. The molecule has 2 aliphatic carbocycles. The van der Waals surface area contributed by atoms with Crippen LogP contribution in [-0.2, 0) is 4.74 Å². The molecule has 0 aromatic heterocycles. The number of ether oxygens (including phenoxy) is 1. The average molecular weight is 239 g/mol. The Bertz CT molecular complexity index is 217. The lowest BCUT2D eigenvalue weighted by Gasteiger charge is -2.42. The minimum atomic E-state index is 0.254. The minimum Gasteiger partial charge on any atom is -0.375 e. The van der Waals surface area contributed by atoms with Gasteiger partial charge in [-0.3, -0.25) is 0 Å². The molecule has 0 aromatic carbocycles. The monoisotopic (exact) mass is 239 g/mol. The Hall–Kier alpha value is -0.0800. The predicted molar refractivity (Wildman–Crippen MR) is 72.2 cm³/mol. The summed E-state index contributed by atoms with van der Waals surface area (Å²) in [4.78, 5) is 0. The summed E-state index contributed by atoms with van der Waals surface area (Å²) >= 11 is 0. The first-order valence-corrected chi connectivity index (χ1v) is 7.65. The van der Waals surface area contributed by atoms with Crippen molar-refractivity contribution in [3.8, 4) is 0 Å². The quantitative estimate of drug-likeness (QED) is 0.665. The molecule has 2 fully saturated rings. The average Bonchev–Trinajstić information content (AvgIpc) is 3.09. The van der Waals surface area contributed by atoms with E-state index in [4.69, 9.17) is 4.74 Å². The Morgan fingerprint density at radius 3 is 2.41 bits per heavy atom. The van der Waals surface area contributed by atoms with Crippen molar-refractivity contribution in [3.05, 3.63) is 0 Å². The summed E-state index contributed by atoms with van der Waals surface area (Å²) in [5.41, 5.74) is 0.254. The Balaban J connectivity index is 1.65. The molecule has 0 bridgehead atoms. The van der Waals surface area contributed by atoms with Crippen molar-refractivity contribution in [3.63, 3.8) is 0 Å². The highest BCUT2D eigenvalue weighted by atomic mass is 16.5. The summed E-state index contributed by atoms with van der Waals surface area (Å²) in [6, 6.07) is 0.839. The largest absolute Gasteiger partial charge is 0.375 e. The van der Waals surface area contributed by atoms with E-state index in [0.717, 1.165) is 25.1 Å². The highest BCUT2D eigenvalue weighted by Gasteiger charge is 2.38. The van der Waals surface area contributed by atoms with Gasteiger partial charge in [-0.2, -0.15) is 0 Å². The zero-order valence-corrected chi connectivity index (χ0v) is 11.6. The Labute approximate surface area is 107 Å². The molecule has 2 aliphatic rings. The van der Waals surface area contributed by atoms with Gasteiger partial charge >= 0.3 is 0 Å². The van der Waals surface area contributed by atoms with Crippen LogP contribution in [-0.4, -0.2) is 24.8 Å². The fourth-order valence-corrected chi connectivity index (χ4v) is 2.65. The van der Waals surface area contributed by atoms with Crippen molar-refractivity contribution in [2.75, 3.05) is 13.2 Å². The fourth-order valence-electron chi connectivity index (χ4n) is 2.65. The van der Waals surface area contributed by atoms with E-state index in [0.29, 0.717) is 0 Å². The van der Waals surface area contributed by atoms with Crippen molar-refractivity contribution in [2.24, 2.45) is 5.92 Å². The molecule has 2 heteroatoms. The van der Waals surface area contributed by atoms with Crippen molar-refractivity contribution in [2.45, 2.75) is 76.9 Å². The molecule has 0 amide bonds. The lowest BCUT2D eigenvalue weighted by atomic mass is 9.77. The highest BCUT2D eigenvalue weighted by Crippen LogP contribution is 2.39. The predicted octanol–water partition coefficient (Wildman–Crippen LogP) is 3.50. The van der Waals surface area contributed by atoms with Gasteiger partial charge in [-0.1, -0.05) is 26.7 Å². The van der Waals surface area contributed by atoms with Crippen molar-refractivity contribution < 1.29 is 4.74 Å². The van der Waals surface area contributed by atoms with Gasteiger partial charge in [0, 0.05) is 6.04 Å². The van der Waals surface area contributed by atoms with Gasteiger partial charge in [0.05, 0.1) is 12.2 Å². The van der Waals surface area contributed by atoms with Crippen LogP contribution in [0.1, 0.15) is 65.2 Å². The second-order valence-electron chi connectivity index (χ2n) is 6.01. The highest BCUT2D eigenvalue weighted by molar-refractivity contribution is 4.91. The van der Waals surface area contributed by atoms with E-state index in [9.17, 15) is 0 Å². The molecular formula is C15H29NO. The van der Waals surface area contributed by atoms with E-state index < -0.39 is 0 Å². The topological polar surface area (TPSA) is 21.3 Å². The van der Waals surface area contributed by atoms with Gasteiger partial charge in [-0.15, -0.1) is 0 Å². The maximum Gasteiger partial charge on any atom is 0.0694 e. The molecule has 0 aliphatic heterocycles. The third-order valence-electron chi connectivity index (χ3n) is 4.64. The zero-order chi connectivity index (χ0) is 12.1. The number of hydrogen-bond acceptors (Lipinski definition) is 2. The van der Waals surface area contributed by atoms with Crippen LogP contribution in [0.4, 0.5) is 0 Å². The maximum atomic E-state index is 6.27. The standard InChI is InChI=1S/C15H29NO/c1-3-13(4-2)12-17-15(8-5-9-15)10-11-16-14-6-7-14/h13-14,16H,3-12H2,1-2H3. The smallest absolute Gasteiger partial charge is 0.0694 e. The molecule has 0 atom stereocenters. The normalized spacial score (nSPS) is 22.8. The molecule has 0 saturated heterocycles. The summed E-state index contributed by atoms with van der Waals surface area (Å²) in [5, 5.41) is 3.62. The molecule has 0 spiro atoms. The summed E-state index contributed by atoms with van der Waals surface area (Å²) < 4.78 is 6.27. The number of hydrogen-bond donors (Lipinski definition) is 1. The van der Waals surface area contributed by atoms with Gasteiger partial charge in [0.1, 0.15) is 0 Å². The Morgan fingerprint density at radius 2 is 1.94 bits per heavy atom. The van der Waals surface area contributed by atoms with Crippen LogP contribution in [0.2, 0.25) is 0 Å². The van der Waals surface area contributed by atoms with Gasteiger partial charge in [0.2, 0.25) is 0 Å². The summed E-state index contributed by atoms with van der Waals surface area (Å²) in [6.07, 6.45) is 10.5. The number of nitrogens with one attached hydrogen (secondary N) is 1. The molecule has 1 N–H and O–H groups in total. The molecule has 100 valence electrons. The van der Waals surface area contributed by atoms with Crippen LogP contribution in [0.3, 0.4) is 0 Å². The lowest BCUT2D eigenvalue weighted by Crippen LogP contribution is -2.43. The van der Waals surface area contributed by atoms with E-state index in [2.05, 4.69) is 19.2 Å². The minimum absolute atomic E-state index is 0.254. The maximum absolute atomic E-state index is 6.27. The molecule has 0 unspecified atom stereocenters. The van der Waals surface area contributed by atoms with Crippen LogP contribution in [0.25, 0.3) is 0 Å². The van der Waals surface area contributed by atoms with Crippen molar-refractivity contribution in [1.82, 2.24) is 5.32 Å². The van der Waals surface area contributed by atoms with Crippen molar-refractivity contribution in [1.29, 1.82) is 0 Å². The fraction of sp³-hybridized carbons (Fsp3) is 1.00. The summed E-state index contributed by atoms with van der Waals surface area (Å²) in [7, 11) is 0. The van der Waals surface area contributed by atoms with E-state index in [1.165, 1.54) is 51.4 Å². The molecule has 0 heterocycles. The molecular weight excluding hydrogens is 210 g/mol. The van der Waals surface area contributed by atoms with Gasteiger partial charge in [-0.25, -0.2) is 0 Å². The van der Waals surface area contributed by atoms with Gasteiger partial charge in [-0.05, 0) is 51.0 Å². The molecule has 2 saturated carbocycles. The van der Waals surface area contributed by atoms with Crippen LogP contribution in [0, 0.1) is 5.92 Å². The second kappa shape index (κ2) is 6.19. The van der Waals surface area contributed by atoms with Gasteiger partial charge in [0.25, 0.3) is 0 Å². The van der Waals surface area contributed by atoms with Crippen LogP contribution >= 0.6 is 0 Å².